The van der Waals surface area contributed by atoms with Gasteiger partial charge in [-0.1, -0.05) is 6.92 Å². The lowest BCUT2D eigenvalue weighted by Gasteiger charge is -2.17. The van der Waals surface area contributed by atoms with Crippen LogP contribution in [0.1, 0.15) is 18.9 Å². The Morgan fingerprint density at radius 3 is 2.89 bits per heavy atom. The highest BCUT2D eigenvalue weighted by Crippen LogP contribution is 2.25. The lowest BCUT2D eigenvalue weighted by molar-refractivity contribution is -0.384. The van der Waals surface area contributed by atoms with Gasteiger partial charge in [-0.2, -0.15) is 0 Å². The van der Waals surface area contributed by atoms with Crippen molar-refractivity contribution in [3.05, 3.63) is 33.9 Å². The van der Waals surface area contributed by atoms with Gasteiger partial charge in [0.1, 0.15) is 0 Å². The number of rotatable bonds is 4. The Hall–Kier alpha value is -1.62. The second kappa shape index (κ2) is 5.35. The molecule has 0 saturated carbocycles. The number of anilines is 1. The number of likely N-dealkylation sites (tertiary alicyclic amines) is 1. The van der Waals surface area contributed by atoms with Crippen LogP contribution in [0.15, 0.2) is 18.2 Å². The molecule has 0 radical (unpaired) electrons. The third-order valence-corrected chi connectivity index (χ3v) is 3.47. The molecule has 0 aromatic heterocycles. The molecule has 0 amide bonds. The van der Waals surface area contributed by atoms with Gasteiger partial charge in [-0.15, -0.1) is 0 Å². The van der Waals surface area contributed by atoms with E-state index >= 15 is 0 Å². The maximum Gasteiger partial charge on any atom is 0.269 e. The number of nitro groups is 1. The maximum absolute atomic E-state index is 10.8. The summed E-state index contributed by atoms with van der Waals surface area (Å²) in [5.41, 5.74) is 2.14. The van der Waals surface area contributed by atoms with Gasteiger partial charge in [-0.05, 0) is 30.5 Å². The van der Waals surface area contributed by atoms with Crippen LogP contribution in [0.3, 0.4) is 0 Å². The minimum atomic E-state index is -0.338. The Bertz CT molecular complexity index is 448. The van der Waals surface area contributed by atoms with E-state index in [0.29, 0.717) is 0 Å². The zero-order chi connectivity index (χ0) is 13.1. The van der Waals surface area contributed by atoms with Crippen LogP contribution >= 0.6 is 0 Å². The second-order valence-electron chi connectivity index (χ2n) is 4.98. The number of nitrogens with one attached hydrogen (secondary N) is 1. The minimum Gasteiger partial charge on any atom is -0.388 e. The van der Waals surface area contributed by atoms with E-state index in [1.165, 1.54) is 6.42 Å². The van der Waals surface area contributed by atoms with E-state index in [-0.39, 0.29) is 10.6 Å². The minimum absolute atomic E-state index is 0.163. The van der Waals surface area contributed by atoms with Gasteiger partial charge in [-0.25, -0.2) is 0 Å². The van der Waals surface area contributed by atoms with Gasteiger partial charge in [-0.3, -0.25) is 15.0 Å². The molecule has 1 saturated heterocycles. The van der Waals surface area contributed by atoms with Crippen molar-refractivity contribution in [1.82, 2.24) is 4.90 Å². The van der Waals surface area contributed by atoms with Crippen LogP contribution in [-0.4, -0.2) is 30.0 Å². The average Bonchev–Trinajstić information content (AvgIpc) is 2.74. The zero-order valence-corrected chi connectivity index (χ0v) is 10.8. The Labute approximate surface area is 107 Å². The average molecular weight is 249 g/mol. The molecule has 18 heavy (non-hydrogen) atoms. The number of benzene rings is 1. The van der Waals surface area contributed by atoms with Crippen molar-refractivity contribution >= 4 is 11.4 Å². The van der Waals surface area contributed by atoms with Gasteiger partial charge in [0.15, 0.2) is 0 Å². The number of nitrogens with zero attached hydrogens (tertiary/aromatic N) is 2. The normalized spacial score (nSPS) is 20.0. The monoisotopic (exact) mass is 249 g/mol. The van der Waals surface area contributed by atoms with Gasteiger partial charge in [0, 0.05) is 38.0 Å². The number of nitro benzene ring substituents is 1. The van der Waals surface area contributed by atoms with Crippen LogP contribution in [0, 0.1) is 16.0 Å². The number of hydrogen-bond acceptors (Lipinski definition) is 4. The molecule has 1 atom stereocenters. The maximum atomic E-state index is 10.8. The van der Waals surface area contributed by atoms with E-state index in [1.54, 1.807) is 18.2 Å². The summed E-state index contributed by atoms with van der Waals surface area (Å²) < 4.78 is 0. The van der Waals surface area contributed by atoms with E-state index in [9.17, 15) is 10.1 Å². The molecule has 1 fully saturated rings. The van der Waals surface area contributed by atoms with Crippen LogP contribution in [0.5, 0.6) is 0 Å². The molecule has 1 N–H and O–H groups in total. The summed E-state index contributed by atoms with van der Waals surface area (Å²) in [4.78, 5) is 12.8. The van der Waals surface area contributed by atoms with Crippen molar-refractivity contribution in [3.8, 4) is 0 Å². The lowest BCUT2D eigenvalue weighted by Crippen LogP contribution is -2.20. The van der Waals surface area contributed by atoms with Crippen molar-refractivity contribution in [2.75, 3.05) is 25.5 Å². The molecule has 5 heteroatoms. The molecule has 1 aromatic rings. The molecule has 1 aliphatic heterocycles. The quantitative estimate of drug-likeness (QED) is 0.658. The fraction of sp³-hybridized carbons (Fsp3) is 0.538. The summed E-state index contributed by atoms with van der Waals surface area (Å²) in [6.45, 7) is 5.17. The van der Waals surface area contributed by atoms with Crippen molar-refractivity contribution in [3.63, 3.8) is 0 Å². The first-order chi connectivity index (χ1) is 8.60. The summed E-state index contributed by atoms with van der Waals surface area (Å²) in [6.07, 6.45) is 1.21. The molecule has 1 heterocycles. The van der Waals surface area contributed by atoms with Gasteiger partial charge in [0.05, 0.1) is 4.92 Å². The summed E-state index contributed by atoms with van der Waals surface area (Å²) in [5, 5.41) is 13.9. The van der Waals surface area contributed by atoms with Crippen molar-refractivity contribution < 1.29 is 4.92 Å². The molecule has 2 rings (SSSR count). The molecule has 1 unspecified atom stereocenters. The summed E-state index contributed by atoms with van der Waals surface area (Å²) in [7, 11) is 1.84. The third kappa shape index (κ3) is 2.79. The smallest absolute Gasteiger partial charge is 0.269 e. The van der Waals surface area contributed by atoms with Crippen LogP contribution in [-0.2, 0) is 6.54 Å². The largest absolute Gasteiger partial charge is 0.388 e. The predicted octanol–water partition coefficient (Wildman–Crippen LogP) is 2.48. The molecule has 1 aliphatic rings. The third-order valence-electron chi connectivity index (χ3n) is 3.47. The Morgan fingerprint density at radius 1 is 1.56 bits per heavy atom. The number of hydrogen-bond donors (Lipinski definition) is 1. The fourth-order valence-electron chi connectivity index (χ4n) is 2.48. The molecule has 5 nitrogen and oxygen atoms in total. The van der Waals surface area contributed by atoms with Crippen molar-refractivity contribution in [2.45, 2.75) is 19.9 Å². The Morgan fingerprint density at radius 2 is 2.33 bits per heavy atom. The summed E-state index contributed by atoms with van der Waals surface area (Å²) in [6, 6.07) is 5.00. The molecule has 1 aromatic carbocycles. The van der Waals surface area contributed by atoms with Gasteiger partial charge in [0.25, 0.3) is 5.69 Å². The van der Waals surface area contributed by atoms with Gasteiger partial charge >= 0.3 is 0 Å². The topological polar surface area (TPSA) is 58.4 Å². The first-order valence-corrected chi connectivity index (χ1v) is 6.27. The molecular formula is C13H19N3O2. The molecule has 0 spiro atoms. The zero-order valence-electron chi connectivity index (χ0n) is 10.8. The van der Waals surface area contributed by atoms with E-state index in [1.807, 2.05) is 7.05 Å². The first kappa shape index (κ1) is 12.8. The first-order valence-electron chi connectivity index (χ1n) is 6.27. The van der Waals surface area contributed by atoms with E-state index in [2.05, 4.69) is 17.1 Å². The van der Waals surface area contributed by atoms with Gasteiger partial charge in [0.2, 0.25) is 0 Å². The summed E-state index contributed by atoms with van der Waals surface area (Å²) in [5.74, 6) is 0.724. The highest BCUT2D eigenvalue weighted by molar-refractivity contribution is 5.55. The van der Waals surface area contributed by atoms with Crippen LogP contribution in [0.4, 0.5) is 11.4 Å². The second-order valence-corrected chi connectivity index (χ2v) is 4.98. The Balaban J connectivity index is 2.18. The van der Waals surface area contributed by atoms with E-state index in [0.717, 1.165) is 36.8 Å². The SMILES string of the molecule is CNc1ccc([N+](=O)[O-])cc1CN1CCC(C)C1. The molecule has 0 bridgehead atoms. The molecular weight excluding hydrogens is 230 g/mol. The molecule has 0 aliphatic carbocycles. The predicted molar refractivity (Wildman–Crippen MR) is 71.7 cm³/mol. The van der Waals surface area contributed by atoms with Crippen LogP contribution in [0.25, 0.3) is 0 Å². The van der Waals surface area contributed by atoms with Crippen LogP contribution in [0.2, 0.25) is 0 Å². The van der Waals surface area contributed by atoms with Gasteiger partial charge < -0.3 is 5.32 Å². The standard InChI is InChI=1S/C13H19N3O2/c1-10-5-6-15(8-10)9-11-7-12(16(17)18)3-4-13(11)14-2/h3-4,7,10,14H,5-6,8-9H2,1-2H3. The Kier molecular flexibility index (Phi) is 3.81. The summed E-state index contributed by atoms with van der Waals surface area (Å²) >= 11 is 0. The van der Waals surface area contributed by atoms with Crippen LogP contribution < -0.4 is 5.32 Å². The highest BCUT2D eigenvalue weighted by Gasteiger charge is 2.20. The molecule has 98 valence electrons. The van der Waals surface area contributed by atoms with E-state index in [4.69, 9.17) is 0 Å². The number of non-ortho nitro benzene ring substituents is 1. The van der Waals surface area contributed by atoms with Crippen molar-refractivity contribution in [1.29, 1.82) is 0 Å². The lowest BCUT2D eigenvalue weighted by atomic mass is 10.1. The fourth-order valence-corrected chi connectivity index (χ4v) is 2.48. The highest BCUT2D eigenvalue weighted by atomic mass is 16.6. The van der Waals surface area contributed by atoms with E-state index < -0.39 is 0 Å². The van der Waals surface area contributed by atoms with Crippen molar-refractivity contribution in [2.24, 2.45) is 5.92 Å².